The summed E-state index contributed by atoms with van der Waals surface area (Å²) in [5.41, 5.74) is 1.44. The molecule has 150 valence electrons. The highest BCUT2D eigenvalue weighted by Crippen LogP contribution is 2.19. The molecule has 3 rings (SSSR count). The van der Waals surface area contributed by atoms with E-state index in [1.165, 1.54) is 25.3 Å². The molecule has 0 aliphatic rings. The summed E-state index contributed by atoms with van der Waals surface area (Å²) in [6.07, 6.45) is 1.94. The number of H-pyrrole nitrogens is 1. The lowest BCUT2D eigenvalue weighted by Gasteiger charge is -2.16. The number of halogens is 1. The van der Waals surface area contributed by atoms with Gasteiger partial charge in [-0.2, -0.15) is 0 Å². The summed E-state index contributed by atoms with van der Waals surface area (Å²) in [6.45, 7) is -0.658. The van der Waals surface area contributed by atoms with Crippen LogP contribution in [0.2, 0.25) is 0 Å². The normalized spacial score (nSPS) is 11.7. The summed E-state index contributed by atoms with van der Waals surface area (Å²) < 4.78 is 23.2. The van der Waals surface area contributed by atoms with E-state index in [0.717, 1.165) is 22.5 Å². The van der Waals surface area contributed by atoms with Crippen molar-refractivity contribution in [3.63, 3.8) is 0 Å². The first-order valence-electron chi connectivity index (χ1n) is 8.83. The molecule has 0 bridgehead atoms. The molecule has 29 heavy (non-hydrogen) atoms. The summed E-state index contributed by atoms with van der Waals surface area (Å²) in [5.74, 6) is -3.05. The van der Waals surface area contributed by atoms with Crippen molar-refractivity contribution < 1.29 is 28.2 Å². The fourth-order valence-corrected chi connectivity index (χ4v) is 2.93. The van der Waals surface area contributed by atoms with E-state index in [1.54, 1.807) is 6.20 Å². The van der Waals surface area contributed by atoms with Crippen LogP contribution in [0.1, 0.15) is 15.9 Å². The third-order valence-electron chi connectivity index (χ3n) is 4.35. The van der Waals surface area contributed by atoms with Crippen molar-refractivity contribution >= 4 is 28.7 Å². The van der Waals surface area contributed by atoms with Gasteiger partial charge in [-0.05, 0) is 23.8 Å². The lowest BCUT2D eigenvalue weighted by molar-refractivity contribution is -0.145. The average Bonchev–Trinajstić information content (AvgIpc) is 3.14. The van der Waals surface area contributed by atoms with E-state index in [4.69, 9.17) is 9.47 Å². The lowest BCUT2D eigenvalue weighted by atomic mass is 10.0. The predicted molar refractivity (Wildman–Crippen MR) is 103 cm³/mol. The van der Waals surface area contributed by atoms with Crippen LogP contribution in [-0.4, -0.2) is 42.6 Å². The average molecular weight is 398 g/mol. The second kappa shape index (κ2) is 9.01. The Morgan fingerprint density at radius 2 is 1.83 bits per heavy atom. The number of amides is 1. The summed E-state index contributed by atoms with van der Waals surface area (Å²) >= 11 is 0. The maximum absolute atomic E-state index is 13.6. The number of carbonyl (C=O) groups excluding carboxylic acids is 3. The molecule has 0 saturated carbocycles. The molecule has 7 nitrogen and oxygen atoms in total. The zero-order valence-electron chi connectivity index (χ0n) is 15.6. The fraction of sp³-hybridized carbons (Fsp3) is 0.190. The number of rotatable bonds is 7. The molecule has 0 radical (unpaired) electrons. The van der Waals surface area contributed by atoms with Crippen LogP contribution in [-0.2, 0) is 25.5 Å². The van der Waals surface area contributed by atoms with Gasteiger partial charge in [0.1, 0.15) is 11.9 Å². The molecule has 0 aliphatic carbocycles. The highest BCUT2D eigenvalue weighted by Gasteiger charge is 2.24. The van der Waals surface area contributed by atoms with Crippen molar-refractivity contribution in [2.75, 3.05) is 13.7 Å². The monoisotopic (exact) mass is 398 g/mol. The van der Waals surface area contributed by atoms with E-state index in [9.17, 15) is 18.8 Å². The molecule has 8 heteroatoms. The van der Waals surface area contributed by atoms with Gasteiger partial charge in [-0.15, -0.1) is 0 Å². The van der Waals surface area contributed by atoms with Gasteiger partial charge in [0.2, 0.25) is 0 Å². The van der Waals surface area contributed by atoms with E-state index in [1.807, 2.05) is 24.3 Å². The Hall–Kier alpha value is -3.68. The SMILES string of the molecule is COC(=O)[C@H](Cc1c[nH]c2ccccc12)NC(=O)COC(=O)c1ccccc1F. The number of methoxy groups -OCH3 is 1. The maximum Gasteiger partial charge on any atom is 0.341 e. The van der Waals surface area contributed by atoms with E-state index >= 15 is 0 Å². The number of benzene rings is 2. The van der Waals surface area contributed by atoms with Gasteiger partial charge in [-0.25, -0.2) is 14.0 Å². The molecule has 0 unspecified atom stereocenters. The van der Waals surface area contributed by atoms with Crippen LogP contribution in [0, 0.1) is 5.82 Å². The number of aromatic amines is 1. The number of esters is 2. The molecule has 1 aromatic heterocycles. The molecule has 0 spiro atoms. The van der Waals surface area contributed by atoms with Crippen LogP contribution in [0.4, 0.5) is 4.39 Å². The Labute approximate surface area is 165 Å². The van der Waals surface area contributed by atoms with Crippen molar-refractivity contribution in [3.05, 3.63) is 71.7 Å². The number of carbonyl (C=O) groups is 3. The van der Waals surface area contributed by atoms with Gasteiger partial charge < -0.3 is 19.8 Å². The molecular weight excluding hydrogens is 379 g/mol. The van der Waals surface area contributed by atoms with Gasteiger partial charge in [0.15, 0.2) is 6.61 Å². The molecule has 1 amide bonds. The summed E-state index contributed by atoms with van der Waals surface area (Å²) in [4.78, 5) is 39.3. The van der Waals surface area contributed by atoms with Crippen LogP contribution in [0.15, 0.2) is 54.7 Å². The summed E-state index contributed by atoms with van der Waals surface area (Å²) in [5, 5.41) is 3.41. The van der Waals surface area contributed by atoms with Crippen molar-refractivity contribution in [1.29, 1.82) is 0 Å². The number of hydrogen-bond acceptors (Lipinski definition) is 5. The fourth-order valence-electron chi connectivity index (χ4n) is 2.93. The number of aromatic nitrogens is 1. The van der Waals surface area contributed by atoms with Gasteiger partial charge in [0, 0.05) is 23.5 Å². The molecule has 0 saturated heterocycles. The lowest BCUT2D eigenvalue weighted by Crippen LogP contribution is -2.44. The topological polar surface area (TPSA) is 97.5 Å². The minimum Gasteiger partial charge on any atom is -0.467 e. The minimum atomic E-state index is -0.973. The summed E-state index contributed by atoms with van der Waals surface area (Å²) in [7, 11) is 1.22. The highest BCUT2D eigenvalue weighted by atomic mass is 19.1. The Morgan fingerprint density at radius 3 is 2.59 bits per heavy atom. The van der Waals surface area contributed by atoms with Crippen molar-refractivity contribution in [2.45, 2.75) is 12.5 Å². The van der Waals surface area contributed by atoms with Crippen LogP contribution in [0.25, 0.3) is 10.9 Å². The molecular formula is C21H19FN2O5. The quantitative estimate of drug-likeness (QED) is 0.596. The number of fused-ring (bicyclic) bond motifs is 1. The van der Waals surface area contributed by atoms with E-state index in [-0.39, 0.29) is 12.0 Å². The van der Waals surface area contributed by atoms with Crippen LogP contribution >= 0.6 is 0 Å². The predicted octanol–water partition coefficient (Wildman–Crippen LogP) is 2.36. The van der Waals surface area contributed by atoms with E-state index in [0.29, 0.717) is 0 Å². The van der Waals surface area contributed by atoms with E-state index in [2.05, 4.69) is 10.3 Å². The molecule has 1 atom stereocenters. The molecule has 2 aromatic carbocycles. The van der Waals surface area contributed by atoms with Gasteiger partial charge in [0.25, 0.3) is 5.91 Å². The number of nitrogens with one attached hydrogen (secondary N) is 2. The second-order valence-electron chi connectivity index (χ2n) is 6.26. The first-order valence-corrected chi connectivity index (χ1v) is 8.83. The highest BCUT2D eigenvalue weighted by molar-refractivity contribution is 5.92. The second-order valence-corrected chi connectivity index (χ2v) is 6.26. The van der Waals surface area contributed by atoms with Gasteiger partial charge in [0.05, 0.1) is 12.7 Å². The van der Waals surface area contributed by atoms with Crippen LogP contribution in [0.3, 0.4) is 0 Å². The molecule has 0 aliphatic heterocycles. The van der Waals surface area contributed by atoms with Crippen LogP contribution in [0.5, 0.6) is 0 Å². The number of para-hydroxylation sites is 1. The minimum absolute atomic E-state index is 0.184. The number of hydrogen-bond donors (Lipinski definition) is 2. The smallest absolute Gasteiger partial charge is 0.341 e. The van der Waals surface area contributed by atoms with Crippen molar-refractivity contribution in [2.24, 2.45) is 0 Å². The van der Waals surface area contributed by atoms with Crippen LogP contribution < -0.4 is 5.32 Å². The van der Waals surface area contributed by atoms with Gasteiger partial charge >= 0.3 is 11.9 Å². The largest absolute Gasteiger partial charge is 0.467 e. The van der Waals surface area contributed by atoms with E-state index < -0.39 is 36.3 Å². The molecule has 3 aromatic rings. The molecule has 2 N–H and O–H groups in total. The van der Waals surface area contributed by atoms with Crippen molar-refractivity contribution in [3.8, 4) is 0 Å². The Bertz CT molecular complexity index is 1050. The maximum atomic E-state index is 13.6. The van der Waals surface area contributed by atoms with Gasteiger partial charge in [-0.3, -0.25) is 4.79 Å². The standard InChI is InChI=1S/C21H19FN2O5/c1-28-21(27)18(10-13-11-23-17-9-5-3-6-14(13)17)24-19(25)12-29-20(26)15-7-2-4-8-16(15)22/h2-9,11,18,23H,10,12H2,1H3,(H,24,25)/t18-/m0/s1. The number of ether oxygens (including phenoxy) is 2. The van der Waals surface area contributed by atoms with Crippen molar-refractivity contribution in [1.82, 2.24) is 10.3 Å². The first kappa shape index (κ1) is 20.1. The first-order chi connectivity index (χ1) is 14.0. The third kappa shape index (κ3) is 4.78. The van der Waals surface area contributed by atoms with Gasteiger partial charge in [-0.1, -0.05) is 30.3 Å². The molecule has 1 heterocycles. The zero-order valence-corrected chi connectivity index (χ0v) is 15.6. The third-order valence-corrected chi connectivity index (χ3v) is 4.35. The molecule has 0 fully saturated rings. The summed E-state index contributed by atoms with van der Waals surface area (Å²) in [6, 6.07) is 11.9. The Morgan fingerprint density at radius 1 is 1.10 bits per heavy atom. The Kier molecular flexibility index (Phi) is 6.23. The Balaban J connectivity index is 1.64. The zero-order chi connectivity index (χ0) is 20.8.